The molecule has 1 aliphatic rings. The highest BCUT2D eigenvalue weighted by Crippen LogP contribution is 2.31. The van der Waals surface area contributed by atoms with Gasteiger partial charge < -0.3 is 5.32 Å². The molecule has 1 aromatic rings. The maximum Gasteiger partial charge on any atom is 0.292 e. The molecule has 105 valence electrons. The molecular weight excluding hydrogens is 256 g/mol. The summed E-state index contributed by atoms with van der Waals surface area (Å²) in [7, 11) is 1.66. The lowest BCUT2D eigenvalue weighted by Crippen LogP contribution is -2.02. The van der Waals surface area contributed by atoms with Gasteiger partial charge in [-0.05, 0) is 18.4 Å². The van der Waals surface area contributed by atoms with E-state index in [1.165, 1.54) is 6.34 Å². The monoisotopic (exact) mass is 273 g/mol. The number of benzene rings is 1. The molecule has 0 bridgehead atoms. The van der Waals surface area contributed by atoms with Gasteiger partial charge in [0.25, 0.3) is 5.69 Å². The molecule has 2 rings (SSSR count). The second kappa shape index (κ2) is 5.73. The van der Waals surface area contributed by atoms with Crippen LogP contribution in [0.2, 0.25) is 0 Å². The van der Waals surface area contributed by atoms with Crippen LogP contribution in [0, 0.1) is 16.0 Å². The summed E-state index contributed by atoms with van der Waals surface area (Å²) in [5, 5.41) is 18.2. The Morgan fingerprint density at radius 2 is 2.15 bits per heavy atom. The predicted octanol–water partition coefficient (Wildman–Crippen LogP) is 3.00. The lowest BCUT2D eigenvalue weighted by Gasteiger charge is -2.09. The highest BCUT2D eigenvalue weighted by molar-refractivity contribution is 5.84. The number of hydrogen-bond acceptors (Lipinski definition) is 4. The first-order chi connectivity index (χ1) is 9.52. The number of hydrogen-bond donors (Lipinski definition) is 1. The van der Waals surface area contributed by atoms with Gasteiger partial charge >= 0.3 is 0 Å². The quantitative estimate of drug-likeness (QED) is 0.661. The van der Waals surface area contributed by atoms with Gasteiger partial charge in [-0.25, -0.2) is 10.3 Å². The van der Waals surface area contributed by atoms with Crippen molar-refractivity contribution in [2.45, 2.75) is 20.3 Å². The molecule has 0 amide bonds. The molecule has 0 spiro atoms. The molecule has 0 atom stereocenters. The molecule has 1 aromatic carbocycles. The van der Waals surface area contributed by atoms with Crippen molar-refractivity contribution in [1.29, 1.82) is 0 Å². The Labute approximate surface area is 117 Å². The van der Waals surface area contributed by atoms with Crippen LogP contribution in [-0.4, -0.2) is 18.3 Å². The zero-order valence-corrected chi connectivity index (χ0v) is 11.8. The molecule has 1 N–H and O–H groups in total. The Morgan fingerprint density at radius 1 is 1.40 bits per heavy atom. The van der Waals surface area contributed by atoms with Gasteiger partial charge in [-0.3, -0.25) is 10.1 Å². The van der Waals surface area contributed by atoms with Crippen LogP contribution in [-0.2, 0) is 0 Å². The summed E-state index contributed by atoms with van der Waals surface area (Å²) in [4.78, 5) is 15.0. The molecule has 6 nitrogen and oxygen atoms in total. The number of nitro benzene ring substituents is 1. The van der Waals surface area contributed by atoms with Crippen LogP contribution in [0.1, 0.15) is 25.8 Å². The minimum absolute atomic E-state index is 0.0449. The molecular formula is C14H17N4O2. The van der Waals surface area contributed by atoms with Crippen molar-refractivity contribution in [3.8, 4) is 0 Å². The lowest BCUT2D eigenvalue weighted by molar-refractivity contribution is -0.384. The van der Waals surface area contributed by atoms with E-state index in [1.807, 2.05) is 6.07 Å². The number of nitrogens with one attached hydrogen (secondary N) is 1. The van der Waals surface area contributed by atoms with E-state index in [0.717, 1.165) is 23.4 Å². The Kier molecular flexibility index (Phi) is 4.02. The second-order valence-corrected chi connectivity index (χ2v) is 5.01. The minimum Gasteiger partial charge on any atom is -0.383 e. The van der Waals surface area contributed by atoms with Crippen LogP contribution >= 0.6 is 0 Å². The van der Waals surface area contributed by atoms with Crippen molar-refractivity contribution >= 4 is 23.4 Å². The van der Waals surface area contributed by atoms with Crippen molar-refractivity contribution in [2.24, 2.45) is 10.9 Å². The normalized spacial score (nSPS) is 13.8. The van der Waals surface area contributed by atoms with Crippen LogP contribution < -0.4 is 10.6 Å². The molecule has 0 aromatic heterocycles. The first kappa shape index (κ1) is 14.0. The van der Waals surface area contributed by atoms with Crippen molar-refractivity contribution in [2.75, 3.05) is 12.4 Å². The fourth-order valence-corrected chi connectivity index (χ4v) is 2.11. The summed E-state index contributed by atoms with van der Waals surface area (Å²) in [5.74, 6) is 0.456. The maximum atomic E-state index is 11.1. The summed E-state index contributed by atoms with van der Waals surface area (Å²) in [6.45, 7) is 4.20. The zero-order valence-electron chi connectivity index (χ0n) is 11.8. The number of anilines is 1. The van der Waals surface area contributed by atoms with Crippen molar-refractivity contribution in [3.05, 3.63) is 39.6 Å². The van der Waals surface area contributed by atoms with Crippen LogP contribution in [0.4, 0.5) is 11.4 Å². The Balaban J connectivity index is 2.43. The van der Waals surface area contributed by atoms with Crippen molar-refractivity contribution in [3.63, 3.8) is 0 Å². The molecule has 1 aliphatic heterocycles. The van der Waals surface area contributed by atoms with Gasteiger partial charge in [-0.15, -0.1) is 0 Å². The van der Waals surface area contributed by atoms with E-state index in [-0.39, 0.29) is 5.69 Å². The van der Waals surface area contributed by atoms with Gasteiger partial charge in [0, 0.05) is 18.7 Å². The summed E-state index contributed by atoms with van der Waals surface area (Å²) in [5.41, 5.74) is 2.87. The maximum absolute atomic E-state index is 11.1. The number of nitro groups is 1. The highest BCUT2D eigenvalue weighted by Gasteiger charge is 2.20. The van der Waals surface area contributed by atoms with Crippen molar-refractivity contribution < 1.29 is 4.92 Å². The summed E-state index contributed by atoms with van der Waals surface area (Å²) in [6, 6.07) is 5.06. The third kappa shape index (κ3) is 2.79. The number of rotatable bonds is 5. The van der Waals surface area contributed by atoms with E-state index in [0.29, 0.717) is 11.6 Å². The molecule has 0 unspecified atom stereocenters. The molecule has 0 aliphatic carbocycles. The first-order valence-corrected chi connectivity index (χ1v) is 6.46. The SMILES string of the molecule is CNc1ccc(C2=C(CC(C)C)N=C[N]2)cc1[N+](=O)[O-]. The average molecular weight is 273 g/mol. The molecule has 6 heteroatoms. The first-order valence-electron chi connectivity index (χ1n) is 6.46. The van der Waals surface area contributed by atoms with E-state index in [2.05, 4.69) is 29.5 Å². The van der Waals surface area contributed by atoms with Gasteiger partial charge in [0.15, 0.2) is 0 Å². The summed E-state index contributed by atoms with van der Waals surface area (Å²) < 4.78 is 0. The summed E-state index contributed by atoms with van der Waals surface area (Å²) >= 11 is 0. The van der Waals surface area contributed by atoms with Crippen LogP contribution in [0.25, 0.3) is 5.70 Å². The Bertz CT molecular complexity index is 591. The van der Waals surface area contributed by atoms with Gasteiger partial charge in [-0.1, -0.05) is 19.9 Å². The zero-order chi connectivity index (χ0) is 14.7. The number of allylic oxidation sites excluding steroid dienone is 1. The standard InChI is InChI=1S/C14H17N4O2/c1-9(2)6-12-14(17-8-16-12)10-4-5-11(15-3)13(7-10)18(19)20/h4-5,7-9,15H,6H2,1-3H3. The van der Waals surface area contributed by atoms with Gasteiger partial charge in [-0.2, -0.15) is 0 Å². The minimum atomic E-state index is -0.395. The molecule has 0 saturated carbocycles. The van der Waals surface area contributed by atoms with Crippen LogP contribution in [0.15, 0.2) is 28.9 Å². The number of aliphatic imine (C=N–C) groups is 1. The van der Waals surface area contributed by atoms with E-state index < -0.39 is 4.92 Å². The van der Waals surface area contributed by atoms with Crippen LogP contribution in [0.3, 0.4) is 0 Å². The molecule has 20 heavy (non-hydrogen) atoms. The van der Waals surface area contributed by atoms with Crippen molar-refractivity contribution in [1.82, 2.24) is 5.32 Å². The van der Waals surface area contributed by atoms with Gasteiger partial charge in [0.2, 0.25) is 0 Å². The third-order valence-corrected chi connectivity index (χ3v) is 3.01. The fourth-order valence-electron chi connectivity index (χ4n) is 2.11. The van der Waals surface area contributed by atoms with E-state index in [1.54, 1.807) is 19.2 Å². The van der Waals surface area contributed by atoms with E-state index >= 15 is 0 Å². The van der Waals surface area contributed by atoms with Crippen LogP contribution in [0.5, 0.6) is 0 Å². The molecule has 1 heterocycles. The topological polar surface area (TPSA) is 81.6 Å². The van der Waals surface area contributed by atoms with E-state index in [9.17, 15) is 10.1 Å². The van der Waals surface area contributed by atoms with Gasteiger partial charge in [0.1, 0.15) is 12.0 Å². The largest absolute Gasteiger partial charge is 0.383 e. The molecule has 0 saturated heterocycles. The van der Waals surface area contributed by atoms with Gasteiger partial charge in [0.05, 0.1) is 16.3 Å². The predicted molar refractivity (Wildman–Crippen MR) is 79.6 cm³/mol. The van der Waals surface area contributed by atoms with E-state index in [4.69, 9.17) is 0 Å². The molecule has 1 radical (unpaired) electrons. The number of nitrogens with zero attached hydrogens (tertiary/aromatic N) is 3. The lowest BCUT2D eigenvalue weighted by atomic mass is 10.0. The summed E-state index contributed by atoms with van der Waals surface area (Å²) in [6.07, 6.45) is 2.31. The average Bonchev–Trinajstić information content (AvgIpc) is 2.85. The third-order valence-electron chi connectivity index (χ3n) is 3.01. The highest BCUT2D eigenvalue weighted by atomic mass is 16.6. The fraction of sp³-hybridized carbons (Fsp3) is 0.357. The second-order valence-electron chi connectivity index (χ2n) is 5.01. The Hall–Kier alpha value is -2.37. The Morgan fingerprint density at radius 3 is 2.75 bits per heavy atom. The smallest absolute Gasteiger partial charge is 0.292 e. The molecule has 0 fully saturated rings.